The van der Waals surface area contributed by atoms with Gasteiger partial charge in [0.25, 0.3) is 0 Å². The molecule has 0 bridgehead atoms. The topological polar surface area (TPSA) is 86.2 Å². The maximum Gasteiger partial charge on any atom is 0.217 e. The number of methoxy groups -OCH3 is 1. The molecule has 2 N–H and O–H groups in total. The third kappa shape index (κ3) is 6.10. The van der Waals surface area contributed by atoms with Crippen molar-refractivity contribution in [3.05, 3.63) is 71.8 Å². The highest BCUT2D eigenvalue weighted by Gasteiger charge is 2.46. The van der Waals surface area contributed by atoms with Crippen LogP contribution in [0.25, 0.3) is 0 Å². The number of rotatable bonds is 9. The molecule has 1 aliphatic rings. The molecule has 1 amide bonds. The number of aliphatic hydroxyl groups is 1. The normalized spacial score (nSPS) is 26.3. The fraction of sp³-hybridized carbons (Fsp3) is 0.435. The van der Waals surface area contributed by atoms with Gasteiger partial charge in [0.2, 0.25) is 5.91 Å². The van der Waals surface area contributed by atoms with Gasteiger partial charge < -0.3 is 29.4 Å². The van der Waals surface area contributed by atoms with E-state index < -0.39 is 30.6 Å². The maximum absolute atomic E-state index is 11.7. The molecular formula is C23H29NO6. The molecule has 1 aliphatic heterocycles. The van der Waals surface area contributed by atoms with Crippen LogP contribution in [0.1, 0.15) is 18.1 Å². The lowest BCUT2D eigenvalue weighted by Gasteiger charge is -2.44. The smallest absolute Gasteiger partial charge is 0.217 e. The SMILES string of the molecule is CO[C@H]1O[C@H](COCc2ccccc2)[C@@H](O)[C@H](OCc2ccccc2)[C@H]1NC(C)=O. The molecule has 30 heavy (non-hydrogen) atoms. The molecule has 7 nitrogen and oxygen atoms in total. The lowest BCUT2D eigenvalue weighted by Crippen LogP contribution is -2.65. The predicted molar refractivity (Wildman–Crippen MR) is 110 cm³/mol. The second-order valence-corrected chi connectivity index (χ2v) is 7.26. The van der Waals surface area contributed by atoms with Crippen molar-refractivity contribution in [2.45, 2.75) is 50.8 Å². The van der Waals surface area contributed by atoms with E-state index in [1.807, 2.05) is 60.7 Å². The van der Waals surface area contributed by atoms with E-state index in [0.29, 0.717) is 6.61 Å². The number of hydrogen-bond acceptors (Lipinski definition) is 6. The van der Waals surface area contributed by atoms with Gasteiger partial charge in [-0.3, -0.25) is 4.79 Å². The van der Waals surface area contributed by atoms with Crippen molar-refractivity contribution in [2.24, 2.45) is 0 Å². The van der Waals surface area contributed by atoms with Crippen LogP contribution in [-0.2, 0) is 37.0 Å². The van der Waals surface area contributed by atoms with Crippen molar-refractivity contribution < 1.29 is 28.8 Å². The van der Waals surface area contributed by atoms with Crippen LogP contribution in [0.2, 0.25) is 0 Å². The molecule has 0 saturated carbocycles. The molecule has 3 rings (SSSR count). The van der Waals surface area contributed by atoms with Gasteiger partial charge in [-0.05, 0) is 11.1 Å². The minimum absolute atomic E-state index is 0.161. The number of aliphatic hydroxyl groups excluding tert-OH is 1. The molecule has 0 aromatic heterocycles. The van der Waals surface area contributed by atoms with Gasteiger partial charge >= 0.3 is 0 Å². The van der Waals surface area contributed by atoms with E-state index in [-0.39, 0.29) is 19.1 Å². The summed E-state index contributed by atoms with van der Waals surface area (Å²) >= 11 is 0. The highest BCUT2D eigenvalue weighted by molar-refractivity contribution is 5.73. The minimum atomic E-state index is -1.01. The Morgan fingerprint density at radius 1 is 1.03 bits per heavy atom. The van der Waals surface area contributed by atoms with Crippen LogP contribution >= 0.6 is 0 Å². The van der Waals surface area contributed by atoms with Crippen molar-refractivity contribution in [3.8, 4) is 0 Å². The van der Waals surface area contributed by atoms with Gasteiger partial charge in [0.15, 0.2) is 6.29 Å². The van der Waals surface area contributed by atoms with Gasteiger partial charge in [0.05, 0.1) is 19.8 Å². The zero-order chi connectivity index (χ0) is 21.3. The Morgan fingerprint density at radius 3 is 2.20 bits per heavy atom. The first kappa shape index (κ1) is 22.4. The molecule has 0 spiro atoms. The van der Waals surface area contributed by atoms with E-state index in [9.17, 15) is 9.90 Å². The summed E-state index contributed by atoms with van der Waals surface area (Å²) in [5, 5.41) is 13.8. The quantitative estimate of drug-likeness (QED) is 0.652. The van der Waals surface area contributed by atoms with Gasteiger partial charge in [-0.1, -0.05) is 60.7 Å². The fourth-order valence-corrected chi connectivity index (χ4v) is 3.48. The molecule has 162 valence electrons. The van der Waals surface area contributed by atoms with Crippen LogP contribution in [-0.4, -0.2) is 55.4 Å². The predicted octanol–water partition coefficient (Wildman–Crippen LogP) is 2.03. The average molecular weight is 415 g/mol. The molecule has 1 fully saturated rings. The summed E-state index contributed by atoms with van der Waals surface area (Å²) < 4.78 is 23.1. The molecule has 1 heterocycles. The Labute approximate surface area is 176 Å². The van der Waals surface area contributed by atoms with E-state index in [4.69, 9.17) is 18.9 Å². The number of carbonyl (C=O) groups excluding carboxylic acids is 1. The highest BCUT2D eigenvalue weighted by Crippen LogP contribution is 2.26. The highest BCUT2D eigenvalue weighted by atomic mass is 16.7. The monoisotopic (exact) mass is 415 g/mol. The standard InChI is InChI=1S/C23H29NO6/c1-16(25)24-20-22(29-14-18-11-7-4-8-12-18)21(26)19(30-23(20)27-2)15-28-13-17-9-5-3-6-10-17/h3-12,19-23,26H,13-15H2,1-2H3,(H,24,25)/t19-,20-,21-,22-,23+/m1/s1. The third-order valence-corrected chi connectivity index (χ3v) is 4.95. The number of hydrogen-bond donors (Lipinski definition) is 2. The second kappa shape index (κ2) is 11.2. The van der Waals surface area contributed by atoms with Crippen molar-refractivity contribution in [3.63, 3.8) is 0 Å². The number of benzene rings is 2. The molecule has 5 atom stereocenters. The Bertz CT molecular complexity index is 772. The van der Waals surface area contributed by atoms with E-state index in [1.54, 1.807) is 0 Å². The summed E-state index contributed by atoms with van der Waals surface area (Å²) in [6, 6.07) is 18.7. The summed E-state index contributed by atoms with van der Waals surface area (Å²) in [6.07, 6.45) is -3.17. The van der Waals surface area contributed by atoms with Crippen LogP contribution in [0.5, 0.6) is 0 Å². The Hall–Kier alpha value is -2.29. The van der Waals surface area contributed by atoms with Crippen LogP contribution in [0.4, 0.5) is 0 Å². The van der Waals surface area contributed by atoms with Crippen molar-refractivity contribution in [1.82, 2.24) is 5.32 Å². The summed E-state index contributed by atoms with van der Waals surface area (Å²) in [5.74, 6) is -0.259. The summed E-state index contributed by atoms with van der Waals surface area (Å²) in [4.78, 5) is 11.7. The van der Waals surface area contributed by atoms with Crippen LogP contribution in [0.15, 0.2) is 60.7 Å². The van der Waals surface area contributed by atoms with Gasteiger partial charge in [-0.15, -0.1) is 0 Å². The van der Waals surface area contributed by atoms with E-state index in [2.05, 4.69) is 5.32 Å². The van der Waals surface area contributed by atoms with Gasteiger partial charge in [-0.25, -0.2) is 0 Å². The van der Waals surface area contributed by atoms with Crippen molar-refractivity contribution in [2.75, 3.05) is 13.7 Å². The fourth-order valence-electron chi connectivity index (χ4n) is 3.48. The van der Waals surface area contributed by atoms with Crippen LogP contribution in [0, 0.1) is 0 Å². The Balaban J connectivity index is 1.68. The Morgan fingerprint density at radius 2 is 1.63 bits per heavy atom. The molecule has 2 aromatic carbocycles. The van der Waals surface area contributed by atoms with Gasteiger partial charge in [-0.2, -0.15) is 0 Å². The first-order chi connectivity index (χ1) is 14.6. The largest absolute Gasteiger partial charge is 0.388 e. The molecule has 0 aliphatic carbocycles. The number of ether oxygens (including phenoxy) is 4. The molecule has 2 aromatic rings. The zero-order valence-electron chi connectivity index (χ0n) is 17.3. The van der Waals surface area contributed by atoms with E-state index >= 15 is 0 Å². The zero-order valence-corrected chi connectivity index (χ0v) is 17.3. The number of amides is 1. The second-order valence-electron chi connectivity index (χ2n) is 7.26. The van der Waals surface area contributed by atoms with E-state index in [1.165, 1.54) is 14.0 Å². The number of nitrogens with one attached hydrogen (secondary N) is 1. The molecule has 1 saturated heterocycles. The first-order valence-corrected chi connectivity index (χ1v) is 9.99. The lowest BCUT2D eigenvalue weighted by atomic mass is 9.96. The third-order valence-electron chi connectivity index (χ3n) is 4.95. The van der Waals surface area contributed by atoms with Gasteiger partial charge in [0, 0.05) is 14.0 Å². The molecule has 0 radical (unpaired) electrons. The average Bonchev–Trinajstić information content (AvgIpc) is 2.76. The first-order valence-electron chi connectivity index (χ1n) is 9.99. The van der Waals surface area contributed by atoms with Crippen LogP contribution < -0.4 is 5.32 Å². The molecular weight excluding hydrogens is 386 g/mol. The Kier molecular flexibility index (Phi) is 8.36. The van der Waals surface area contributed by atoms with Gasteiger partial charge in [0.1, 0.15) is 24.4 Å². The van der Waals surface area contributed by atoms with E-state index in [0.717, 1.165) is 11.1 Å². The lowest BCUT2D eigenvalue weighted by molar-refractivity contribution is -0.274. The summed E-state index contributed by atoms with van der Waals surface area (Å²) in [5.41, 5.74) is 1.99. The molecule has 7 heteroatoms. The van der Waals surface area contributed by atoms with Crippen LogP contribution in [0.3, 0.4) is 0 Å². The van der Waals surface area contributed by atoms with Crippen molar-refractivity contribution >= 4 is 5.91 Å². The van der Waals surface area contributed by atoms with Crippen molar-refractivity contribution in [1.29, 1.82) is 0 Å². The maximum atomic E-state index is 11.7. The summed E-state index contributed by atoms with van der Waals surface area (Å²) in [6.45, 7) is 2.25. The summed E-state index contributed by atoms with van der Waals surface area (Å²) in [7, 11) is 1.49. The molecule has 0 unspecified atom stereocenters. The number of carbonyl (C=O) groups is 1. The minimum Gasteiger partial charge on any atom is -0.388 e.